The van der Waals surface area contributed by atoms with Crippen molar-refractivity contribution in [2.75, 3.05) is 6.54 Å². The number of hydrogen-bond acceptors (Lipinski definition) is 3. The number of hydrogen-bond donors (Lipinski definition) is 1. The Morgan fingerprint density at radius 1 is 1.20 bits per heavy atom. The van der Waals surface area contributed by atoms with Crippen molar-refractivity contribution in [2.24, 2.45) is 0 Å². The standard InChI is InChI=1S/C17H22N2O/c1-4-9-18-12-15-6-5-10-19-17(15)20-16-11-13(2)7-8-14(16)3/h5-8,10-11,18H,4,9,12H2,1-3H3. The lowest BCUT2D eigenvalue weighted by atomic mass is 10.1. The van der Waals surface area contributed by atoms with Crippen LogP contribution < -0.4 is 10.1 Å². The molecule has 0 unspecified atom stereocenters. The van der Waals surface area contributed by atoms with E-state index >= 15 is 0 Å². The van der Waals surface area contributed by atoms with Crippen molar-refractivity contribution in [2.45, 2.75) is 33.7 Å². The Balaban J connectivity index is 2.18. The van der Waals surface area contributed by atoms with Gasteiger partial charge in [0, 0.05) is 18.3 Å². The third-order valence-electron chi connectivity index (χ3n) is 3.14. The van der Waals surface area contributed by atoms with Crippen molar-refractivity contribution in [1.29, 1.82) is 0 Å². The molecule has 1 aromatic carbocycles. The molecule has 3 heteroatoms. The molecule has 1 heterocycles. The number of ether oxygens (including phenoxy) is 1. The lowest BCUT2D eigenvalue weighted by Gasteiger charge is -2.12. The Bertz CT molecular complexity index is 567. The van der Waals surface area contributed by atoms with Gasteiger partial charge in [-0.25, -0.2) is 4.98 Å². The maximum atomic E-state index is 6.00. The van der Waals surface area contributed by atoms with Crippen LogP contribution in [0.3, 0.4) is 0 Å². The highest BCUT2D eigenvalue weighted by Gasteiger charge is 2.07. The van der Waals surface area contributed by atoms with E-state index in [0.717, 1.165) is 36.4 Å². The second kappa shape index (κ2) is 7.06. The van der Waals surface area contributed by atoms with Gasteiger partial charge in [0.1, 0.15) is 5.75 Å². The van der Waals surface area contributed by atoms with Crippen LogP contribution in [0.4, 0.5) is 0 Å². The van der Waals surface area contributed by atoms with Gasteiger partial charge in [0.05, 0.1) is 0 Å². The SMILES string of the molecule is CCCNCc1cccnc1Oc1cc(C)ccc1C. The zero-order valence-corrected chi connectivity index (χ0v) is 12.4. The topological polar surface area (TPSA) is 34.2 Å². The van der Waals surface area contributed by atoms with E-state index in [-0.39, 0.29) is 0 Å². The normalized spacial score (nSPS) is 10.6. The molecule has 0 saturated heterocycles. The molecule has 0 saturated carbocycles. The molecule has 20 heavy (non-hydrogen) atoms. The van der Waals surface area contributed by atoms with Gasteiger partial charge in [-0.05, 0) is 50.1 Å². The molecule has 2 rings (SSSR count). The fourth-order valence-corrected chi connectivity index (χ4v) is 1.97. The summed E-state index contributed by atoms with van der Waals surface area (Å²) in [5, 5.41) is 3.38. The van der Waals surface area contributed by atoms with Crippen molar-refractivity contribution in [3.05, 3.63) is 53.2 Å². The van der Waals surface area contributed by atoms with E-state index < -0.39 is 0 Å². The lowest BCUT2D eigenvalue weighted by molar-refractivity contribution is 0.449. The molecule has 1 N–H and O–H groups in total. The monoisotopic (exact) mass is 270 g/mol. The minimum Gasteiger partial charge on any atom is -0.438 e. The zero-order valence-electron chi connectivity index (χ0n) is 12.4. The zero-order chi connectivity index (χ0) is 14.4. The molecule has 0 aliphatic heterocycles. The van der Waals surface area contributed by atoms with Gasteiger partial charge in [0.15, 0.2) is 0 Å². The molecule has 0 spiro atoms. The first-order valence-electron chi connectivity index (χ1n) is 7.10. The summed E-state index contributed by atoms with van der Waals surface area (Å²) in [5.41, 5.74) is 3.39. The number of nitrogens with one attached hydrogen (secondary N) is 1. The van der Waals surface area contributed by atoms with Crippen molar-refractivity contribution < 1.29 is 4.74 Å². The van der Waals surface area contributed by atoms with Crippen LogP contribution in [0.1, 0.15) is 30.0 Å². The number of aromatic nitrogens is 1. The van der Waals surface area contributed by atoms with Gasteiger partial charge in [-0.15, -0.1) is 0 Å². The van der Waals surface area contributed by atoms with Crippen molar-refractivity contribution in [1.82, 2.24) is 10.3 Å². The molecule has 2 aromatic rings. The third-order valence-corrected chi connectivity index (χ3v) is 3.14. The van der Waals surface area contributed by atoms with Gasteiger partial charge in [-0.3, -0.25) is 0 Å². The summed E-state index contributed by atoms with van der Waals surface area (Å²) < 4.78 is 6.00. The highest BCUT2D eigenvalue weighted by Crippen LogP contribution is 2.26. The van der Waals surface area contributed by atoms with Gasteiger partial charge in [0.2, 0.25) is 5.88 Å². The second-order valence-electron chi connectivity index (χ2n) is 5.02. The second-order valence-corrected chi connectivity index (χ2v) is 5.02. The van der Waals surface area contributed by atoms with Crippen LogP contribution in [0.25, 0.3) is 0 Å². The molecule has 3 nitrogen and oxygen atoms in total. The molecule has 0 atom stereocenters. The molecular weight excluding hydrogens is 248 g/mol. The summed E-state index contributed by atoms with van der Waals surface area (Å²) in [6, 6.07) is 10.2. The molecular formula is C17H22N2O. The van der Waals surface area contributed by atoms with Crippen LogP contribution in [0.15, 0.2) is 36.5 Å². The van der Waals surface area contributed by atoms with Crippen LogP contribution in [0, 0.1) is 13.8 Å². The van der Waals surface area contributed by atoms with Crippen LogP contribution >= 0.6 is 0 Å². The Kier molecular flexibility index (Phi) is 5.13. The number of benzene rings is 1. The summed E-state index contributed by atoms with van der Waals surface area (Å²) >= 11 is 0. The van der Waals surface area contributed by atoms with E-state index in [0.29, 0.717) is 5.88 Å². The van der Waals surface area contributed by atoms with Crippen LogP contribution in [0.5, 0.6) is 11.6 Å². The van der Waals surface area contributed by atoms with E-state index in [4.69, 9.17) is 4.74 Å². The first-order chi connectivity index (χ1) is 9.70. The van der Waals surface area contributed by atoms with E-state index in [1.807, 2.05) is 19.1 Å². The molecule has 106 valence electrons. The minimum atomic E-state index is 0.685. The largest absolute Gasteiger partial charge is 0.438 e. The predicted molar refractivity (Wildman–Crippen MR) is 82.2 cm³/mol. The van der Waals surface area contributed by atoms with Gasteiger partial charge in [0.25, 0.3) is 0 Å². The Hall–Kier alpha value is -1.87. The maximum Gasteiger partial charge on any atom is 0.223 e. The summed E-state index contributed by atoms with van der Waals surface area (Å²) in [6.45, 7) is 8.05. The van der Waals surface area contributed by atoms with Gasteiger partial charge < -0.3 is 10.1 Å². The van der Waals surface area contributed by atoms with Crippen LogP contribution in [-0.4, -0.2) is 11.5 Å². The smallest absolute Gasteiger partial charge is 0.223 e. The molecule has 0 amide bonds. The van der Waals surface area contributed by atoms with Crippen molar-refractivity contribution >= 4 is 0 Å². The summed E-state index contributed by atoms with van der Waals surface area (Å²) in [6.07, 6.45) is 2.89. The number of nitrogens with zero attached hydrogens (tertiary/aromatic N) is 1. The summed E-state index contributed by atoms with van der Waals surface area (Å²) in [7, 11) is 0. The molecule has 1 aromatic heterocycles. The summed E-state index contributed by atoms with van der Waals surface area (Å²) in [5.74, 6) is 1.56. The van der Waals surface area contributed by atoms with E-state index in [2.05, 4.69) is 42.3 Å². The first-order valence-corrected chi connectivity index (χ1v) is 7.10. The van der Waals surface area contributed by atoms with E-state index in [1.165, 1.54) is 5.56 Å². The fraction of sp³-hybridized carbons (Fsp3) is 0.353. The number of rotatable bonds is 6. The van der Waals surface area contributed by atoms with Crippen molar-refractivity contribution in [3.63, 3.8) is 0 Å². The molecule has 0 fully saturated rings. The first kappa shape index (κ1) is 14.5. The maximum absolute atomic E-state index is 6.00. The predicted octanol–water partition coefficient (Wildman–Crippen LogP) is 3.99. The average molecular weight is 270 g/mol. The third kappa shape index (κ3) is 3.81. The lowest BCUT2D eigenvalue weighted by Crippen LogP contribution is -2.14. The quantitative estimate of drug-likeness (QED) is 0.806. The van der Waals surface area contributed by atoms with E-state index in [9.17, 15) is 0 Å². The van der Waals surface area contributed by atoms with Crippen LogP contribution in [0.2, 0.25) is 0 Å². The molecule has 0 aliphatic carbocycles. The average Bonchev–Trinajstić information content (AvgIpc) is 2.45. The Morgan fingerprint density at radius 3 is 2.85 bits per heavy atom. The van der Waals surface area contributed by atoms with Crippen molar-refractivity contribution in [3.8, 4) is 11.6 Å². The minimum absolute atomic E-state index is 0.685. The number of aryl methyl sites for hydroxylation is 2. The Labute approximate surface area is 121 Å². The number of pyridine rings is 1. The summed E-state index contributed by atoms with van der Waals surface area (Å²) in [4.78, 5) is 4.36. The van der Waals surface area contributed by atoms with E-state index in [1.54, 1.807) is 6.20 Å². The highest BCUT2D eigenvalue weighted by molar-refractivity contribution is 5.39. The Morgan fingerprint density at radius 2 is 2.05 bits per heavy atom. The molecule has 0 aliphatic rings. The molecule has 0 radical (unpaired) electrons. The van der Waals surface area contributed by atoms with Gasteiger partial charge >= 0.3 is 0 Å². The highest BCUT2D eigenvalue weighted by atomic mass is 16.5. The van der Waals surface area contributed by atoms with Gasteiger partial charge in [-0.2, -0.15) is 0 Å². The van der Waals surface area contributed by atoms with Gasteiger partial charge in [-0.1, -0.05) is 25.1 Å². The fourth-order valence-electron chi connectivity index (χ4n) is 1.97. The molecule has 0 bridgehead atoms. The van der Waals surface area contributed by atoms with Crippen LogP contribution in [-0.2, 0) is 6.54 Å².